The normalized spacial score (nSPS) is 11.7. The quantitative estimate of drug-likeness (QED) is 0.689. The number of hydrogen-bond donors (Lipinski definition) is 0. The average Bonchev–Trinajstić information content (AvgIpc) is 2.85. The summed E-state index contributed by atoms with van der Waals surface area (Å²) in [5.74, 6) is 0.327. The molecule has 2 aromatic carbocycles. The van der Waals surface area contributed by atoms with E-state index in [9.17, 15) is 8.42 Å². The summed E-state index contributed by atoms with van der Waals surface area (Å²) in [4.78, 5) is 0. The molecule has 3 aromatic rings. The topological polar surface area (TPSA) is 43.4 Å². The van der Waals surface area contributed by atoms with Gasteiger partial charge in [0.15, 0.2) is 0 Å². The van der Waals surface area contributed by atoms with E-state index in [1.165, 1.54) is 10.1 Å². The maximum absolute atomic E-state index is 11.1. The molecule has 0 fully saturated rings. The molecule has 0 aliphatic rings. The fraction of sp³-hybridized carbons (Fsp3) is 0.0667. The first-order chi connectivity index (χ1) is 9.51. The van der Waals surface area contributed by atoms with Gasteiger partial charge in [0, 0.05) is 4.70 Å². The third-order valence-corrected chi connectivity index (χ3v) is 4.28. The molecule has 0 aliphatic heterocycles. The molecule has 1 aromatic heterocycles. The van der Waals surface area contributed by atoms with Crippen LogP contribution in [0.25, 0.3) is 21.2 Å². The van der Waals surface area contributed by atoms with E-state index in [2.05, 4.69) is 29.6 Å². The highest BCUT2D eigenvalue weighted by Crippen LogP contribution is 2.28. The largest absolute Gasteiger partial charge is 0.383 e. The van der Waals surface area contributed by atoms with Crippen LogP contribution in [0.5, 0.6) is 5.75 Å². The van der Waals surface area contributed by atoms with E-state index in [4.69, 9.17) is 4.18 Å². The van der Waals surface area contributed by atoms with Crippen molar-refractivity contribution in [1.82, 2.24) is 0 Å². The third kappa shape index (κ3) is 2.84. The van der Waals surface area contributed by atoms with Crippen LogP contribution in [-0.2, 0) is 10.1 Å². The molecule has 0 amide bonds. The van der Waals surface area contributed by atoms with E-state index in [1.54, 1.807) is 23.5 Å². The van der Waals surface area contributed by atoms with Crippen LogP contribution in [0, 0.1) is 0 Å². The number of thiophene rings is 1. The van der Waals surface area contributed by atoms with Crippen molar-refractivity contribution < 1.29 is 12.6 Å². The highest BCUT2D eigenvalue weighted by atomic mass is 32.2. The Bertz CT molecular complexity index is 846. The predicted octanol–water partition coefficient (Wildman–Crippen LogP) is 3.91. The molecule has 102 valence electrons. The van der Waals surface area contributed by atoms with E-state index in [0.717, 1.165) is 17.4 Å². The summed E-state index contributed by atoms with van der Waals surface area (Å²) in [6, 6.07) is 15.4. The summed E-state index contributed by atoms with van der Waals surface area (Å²) >= 11 is 1.71. The maximum Gasteiger partial charge on any atom is 0.306 e. The standard InChI is InChI=1S/C15H12O3S2/c1-20(16,17)18-14-5-2-11(3-6-14)12-4-7-15-13(10-12)8-9-19-15/h2-10H,1H3. The van der Waals surface area contributed by atoms with E-state index in [-0.39, 0.29) is 0 Å². The molecule has 0 radical (unpaired) electrons. The van der Waals surface area contributed by atoms with E-state index in [0.29, 0.717) is 5.75 Å². The number of fused-ring (bicyclic) bond motifs is 1. The maximum atomic E-state index is 11.1. The van der Waals surface area contributed by atoms with Crippen LogP contribution < -0.4 is 4.18 Å². The molecule has 0 spiro atoms. The number of benzene rings is 2. The van der Waals surface area contributed by atoms with Crippen molar-refractivity contribution in [3.05, 3.63) is 53.9 Å². The van der Waals surface area contributed by atoms with E-state index in [1.807, 2.05) is 12.1 Å². The van der Waals surface area contributed by atoms with Gasteiger partial charge in [-0.1, -0.05) is 18.2 Å². The van der Waals surface area contributed by atoms with E-state index < -0.39 is 10.1 Å². The van der Waals surface area contributed by atoms with Crippen molar-refractivity contribution in [3.63, 3.8) is 0 Å². The van der Waals surface area contributed by atoms with Gasteiger partial charge in [0.25, 0.3) is 0 Å². The second-order valence-electron chi connectivity index (χ2n) is 4.49. The summed E-state index contributed by atoms with van der Waals surface area (Å²) in [7, 11) is -3.47. The van der Waals surface area contributed by atoms with Crippen molar-refractivity contribution in [2.24, 2.45) is 0 Å². The lowest BCUT2D eigenvalue weighted by Crippen LogP contribution is -2.05. The predicted molar refractivity (Wildman–Crippen MR) is 82.7 cm³/mol. The van der Waals surface area contributed by atoms with Crippen LogP contribution in [0.1, 0.15) is 0 Å². The molecule has 20 heavy (non-hydrogen) atoms. The zero-order valence-corrected chi connectivity index (χ0v) is 12.4. The molecule has 5 heteroatoms. The summed E-state index contributed by atoms with van der Waals surface area (Å²) in [5.41, 5.74) is 2.13. The van der Waals surface area contributed by atoms with Crippen molar-refractivity contribution in [1.29, 1.82) is 0 Å². The van der Waals surface area contributed by atoms with Gasteiger partial charge in [0.1, 0.15) is 5.75 Å². The van der Waals surface area contributed by atoms with Crippen molar-refractivity contribution in [3.8, 4) is 16.9 Å². The average molecular weight is 304 g/mol. The first-order valence-electron chi connectivity index (χ1n) is 5.98. The van der Waals surface area contributed by atoms with Crippen LogP contribution in [0.3, 0.4) is 0 Å². The van der Waals surface area contributed by atoms with Crippen molar-refractivity contribution in [2.75, 3.05) is 6.26 Å². The SMILES string of the molecule is CS(=O)(=O)Oc1ccc(-c2ccc3sccc3c2)cc1. The second-order valence-corrected chi connectivity index (χ2v) is 7.01. The Morgan fingerprint density at radius 3 is 2.35 bits per heavy atom. The Morgan fingerprint density at radius 1 is 0.950 bits per heavy atom. The summed E-state index contributed by atoms with van der Waals surface area (Å²) in [5, 5.41) is 3.28. The smallest absolute Gasteiger partial charge is 0.306 e. The molecule has 0 N–H and O–H groups in total. The lowest BCUT2D eigenvalue weighted by Gasteiger charge is -2.05. The van der Waals surface area contributed by atoms with Gasteiger partial charge in [-0.15, -0.1) is 11.3 Å². The molecule has 0 aliphatic carbocycles. The highest BCUT2D eigenvalue weighted by Gasteiger charge is 2.05. The van der Waals surface area contributed by atoms with Gasteiger partial charge in [-0.2, -0.15) is 8.42 Å². The van der Waals surface area contributed by atoms with Crippen LogP contribution in [-0.4, -0.2) is 14.7 Å². The van der Waals surface area contributed by atoms with Crippen LogP contribution in [0.15, 0.2) is 53.9 Å². The minimum atomic E-state index is -3.47. The van der Waals surface area contributed by atoms with Crippen molar-refractivity contribution >= 4 is 31.5 Å². The molecule has 1 heterocycles. The molecule has 0 saturated heterocycles. The molecular weight excluding hydrogens is 292 g/mol. The van der Waals surface area contributed by atoms with Crippen LogP contribution >= 0.6 is 11.3 Å². The Labute approximate surface area is 121 Å². The van der Waals surface area contributed by atoms with Gasteiger partial charge in [-0.05, 0) is 52.2 Å². The van der Waals surface area contributed by atoms with Gasteiger partial charge in [-0.3, -0.25) is 0 Å². The fourth-order valence-corrected chi connectivity index (χ4v) is 3.26. The lowest BCUT2D eigenvalue weighted by atomic mass is 10.0. The zero-order chi connectivity index (χ0) is 14.2. The van der Waals surface area contributed by atoms with Crippen molar-refractivity contribution in [2.45, 2.75) is 0 Å². The third-order valence-electron chi connectivity index (χ3n) is 2.89. The van der Waals surface area contributed by atoms with E-state index >= 15 is 0 Å². The van der Waals surface area contributed by atoms with Gasteiger partial charge >= 0.3 is 10.1 Å². The van der Waals surface area contributed by atoms with Gasteiger partial charge in [-0.25, -0.2) is 0 Å². The molecule has 0 atom stereocenters. The lowest BCUT2D eigenvalue weighted by molar-refractivity contribution is 0.493. The summed E-state index contributed by atoms with van der Waals surface area (Å²) in [6.07, 6.45) is 1.03. The Morgan fingerprint density at radius 2 is 1.65 bits per heavy atom. The fourth-order valence-electron chi connectivity index (χ4n) is 2.02. The van der Waals surface area contributed by atoms with Gasteiger partial charge in [0.2, 0.25) is 0 Å². The first-order valence-corrected chi connectivity index (χ1v) is 8.68. The first kappa shape index (κ1) is 13.1. The molecule has 0 bridgehead atoms. The summed E-state index contributed by atoms with van der Waals surface area (Å²) in [6.45, 7) is 0. The van der Waals surface area contributed by atoms with Gasteiger partial charge in [0.05, 0.1) is 6.26 Å². The Hall–Kier alpha value is -1.85. The minimum absolute atomic E-state index is 0.327. The molecule has 0 unspecified atom stereocenters. The Kier molecular flexibility index (Phi) is 3.23. The molecular formula is C15H12O3S2. The van der Waals surface area contributed by atoms with Crippen LogP contribution in [0.2, 0.25) is 0 Å². The minimum Gasteiger partial charge on any atom is -0.383 e. The molecule has 0 saturated carbocycles. The molecule has 3 nitrogen and oxygen atoms in total. The second kappa shape index (κ2) is 4.92. The number of rotatable bonds is 3. The van der Waals surface area contributed by atoms with Gasteiger partial charge < -0.3 is 4.18 Å². The molecule has 3 rings (SSSR count). The summed E-state index contributed by atoms with van der Waals surface area (Å²) < 4.78 is 28.2. The van der Waals surface area contributed by atoms with Crippen LogP contribution in [0.4, 0.5) is 0 Å². The zero-order valence-electron chi connectivity index (χ0n) is 10.7. The Balaban J connectivity index is 1.94. The monoisotopic (exact) mass is 304 g/mol. The highest BCUT2D eigenvalue weighted by molar-refractivity contribution is 7.86. The number of hydrogen-bond acceptors (Lipinski definition) is 4.